The number of alkyl carbamates (subject to hydrolysis) is 1. The molecule has 0 aromatic heterocycles. The summed E-state index contributed by atoms with van der Waals surface area (Å²) in [7, 11) is 1.58. The van der Waals surface area contributed by atoms with Crippen LogP contribution in [0, 0.1) is 11.8 Å². The minimum absolute atomic E-state index is 0.0274. The van der Waals surface area contributed by atoms with Gasteiger partial charge in [-0.3, -0.25) is 9.59 Å². The van der Waals surface area contributed by atoms with Gasteiger partial charge in [-0.1, -0.05) is 62.4 Å². The second-order valence-electron chi connectivity index (χ2n) is 8.27. The normalized spacial score (nSPS) is 14.1. The number of carbonyl (C=O) groups excluding carboxylic acids is 2. The van der Waals surface area contributed by atoms with Gasteiger partial charge < -0.3 is 20.1 Å². The summed E-state index contributed by atoms with van der Waals surface area (Å²) >= 11 is 0. The van der Waals surface area contributed by atoms with Crippen molar-refractivity contribution in [2.24, 2.45) is 11.8 Å². The molecule has 2 aromatic carbocycles. The lowest BCUT2D eigenvalue weighted by Gasteiger charge is -2.24. The smallest absolute Gasteiger partial charge is 0.407 e. The number of carbonyl (C=O) groups is 3. The lowest BCUT2D eigenvalue weighted by atomic mass is 9.98. The molecule has 1 aliphatic rings. The van der Waals surface area contributed by atoms with Gasteiger partial charge in [-0.05, 0) is 28.7 Å². The van der Waals surface area contributed by atoms with Crippen LogP contribution in [0.15, 0.2) is 48.5 Å². The number of fused-ring (bicyclic) bond motifs is 3. The molecular weight excluding hydrogens is 408 g/mol. The van der Waals surface area contributed by atoms with Gasteiger partial charge >= 0.3 is 12.1 Å². The number of benzene rings is 2. The summed E-state index contributed by atoms with van der Waals surface area (Å²) in [6, 6.07) is 16.2. The number of amides is 2. The van der Waals surface area contributed by atoms with Gasteiger partial charge in [0.2, 0.25) is 5.91 Å². The Morgan fingerprint density at radius 1 is 1.06 bits per heavy atom. The Morgan fingerprint density at radius 2 is 1.62 bits per heavy atom. The van der Waals surface area contributed by atoms with E-state index in [1.807, 2.05) is 31.2 Å². The van der Waals surface area contributed by atoms with Gasteiger partial charge in [0.25, 0.3) is 0 Å². The van der Waals surface area contributed by atoms with E-state index >= 15 is 0 Å². The number of hydrogen-bond acceptors (Lipinski definition) is 4. The lowest BCUT2D eigenvalue weighted by molar-refractivity contribution is -0.143. The molecule has 0 saturated heterocycles. The number of nitrogens with one attached hydrogen (secondary N) is 1. The van der Waals surface area contributed by atoms with Gasteiger partial charge in [-0.15, -0.1) is 0 Å². The highest BCUT2D eigenvalue weighted by Crippen LogP contribution is 2.44. The van der Waals surface area contributed by atoms with Crippen molar-refractivity contribution in [3.05, 3.63) is 59.7 Å². The van der Waals surface area contributed by atoms with E-state index in [0.717, 1.165) is 22.3 Å². The van der Waals surface area contributed by atoms with Gasteiger partial charge in [0.1, 0.15) is 6.61 Å². The molecule has 2 unspecified atom stereocenters. The Morgan fingerprint density at radius 3 is 2.16 bits per heavy atom. The van der Waals surface area contributed by atoms with Crippen LogP contribution >= 0.6 is 0 Å². The summed E-state index contributed by atoms with van der Waals surface area (Å²) in [6.07, 6.45) is -0.0476. The van der Waals surface area contributed by atoms with Crippen molar-refractivity contribution in [1.29, 1.82) is 0 Å². The van der Waals surface area contributed by atoms with Crippen LogP contribution in [0.25, 0.3) is 11.1 Å². The van der Waals surface area contributed by atoms with Crippen LogP contribution < -0.4 is 5.32 Å². The van der Waals surface area contributed by atoms with Crippen molar-refractivity contribution in [3.8, 4) is 11.1 Å². The molecule has 2 N–H and O–H groups in total. The summed E-state index contributed by atoms with van der Waals surface area (Å²) in [5, 5.41) is 11.7. The fourth-order valence-electron chi connectivity index (χ4n) is 4.15. The summed E-state index contributed by atoms with van der Waals surface area (Å²) in [4.78, 5) is 37.4. The van der Waals surface area contributed by atoms with Crippen LogP contribution in [-0.4, -0.2) is 54.7 Å². The molecule has 7 nitrogen and oxygen atoms in total. The molecule has 0 bridgehead atoms. The Bertz CT molecular complexity index is 944. The topological polar surface area (TPSA) is 95.9 Å². The van der Waals surface area contributed by atoms with Crippen LogP contribution in [0.3, 0.4) is 0 Å². The Kier molecular flexibility index (Phi) is 7.51. The first kappa shape index (κ1) is 23.3. The summed E-state index contributed by atoms with van der Waals surface area (Å²) in [6.45, 7) is 3.88. The third kappa shape index (κ3) is 5.10. The summed E-state index contributed by atoms with van der Waals surface area (Å²) in [5.41, 5.74) is 4.59. The maximum absolute atomic E-state index is 12.6. The maximum atomic E-state index is 12.6. The zero-order chi connectivity index (χ0) is 23.3. The highest BCUT2D eigenvalue weighted by molar-refractivity contribution is 5.81. The third-order valence-electron chi connectivity index (χ3n) is 6.02. The molecule has 2 atom stereocenters. The largest absolute Gasteiger partial charge is 0.481 e. The van der Waals surface area contributed by atoms with Crippen LogP contribution in [0.1, 0.15) is 37.3 Å². The van der Waals surface area contributed by atoms with E-state index in [4.69, 9.17) is 9.84 Å². The Labute approximate surface area is 188 Å². The lowest BCUT2D eigenvalue weighted by Crippen LogP contribution is -2.42. The number of ether oxygens (including phenoxy) is 1. The molecule has 7 heteroatoms. The zero-order valence-corrected chi connectivity index (χ0v) is 18.7. The van der Waals surface area contributed by atoms with Crippen LogP contribution in [0.4, 0.5) is 4.79 Å². The van der Waals surface area contributed by atoms with Gasteiger partial charge in [-0.2, -0.15) is 0 Å². The van der Waals surface area contributed by atoms with E-state index in [2.05, 4.69) is 29.6 Å². The average Bonchev–Trinajstić information content (AvgIpc) is 3.11. The molecule has 0 aliphatic heterocycles. The second kappa shape index (κ2) is 10.3. The molecule has 0 heterocycles. The molecule has 1 aliphatic carbocycles. The van der Waals surface area contributed by atoms with Crippen LogP contribution in [0.5, 0.6) is 0 Å². The molecule has 0 fully saturated rings. The average molecular weight is 439 g/mol. The van der Waals surface area contributed by atoms with Crippen molar-refractivity contribution in [2.75, 3.05) is 26.7 Å². The molecule has 170 valence electrons. The number of carboxylic acid groups (broad SMARTS) is 1. The first-order valence-electron chi connectivity index (χ1n) is 10.9. The first-order valence-corrected chi connectivity index (χ1v) is 10.9. The standard InChI is InChI=1S/C25H30N2O5/c1-4-17(23(28)27(3)14-16(2)24(29)30)13-26-25(31)32-15-22-20-11-7-5-9-18(20)19-10-6-8-12-21(19)22/h5-12,16-17,22H,4,13-15H2,1-3H3,(H,26,31)(H,29,30). The van der Waals surface area contributed by atoms with Crippen molar-refractivity contribution < 1.29 is 24.2 Å². The minimum Gasteiger partial charge on any atom is -0.481 e. The summed E-state index contributed by atoms with van der Waals surface area (Å²) in [5.74, 6) is -2.27. The monoisotopic (exact) mass is 438 g/mol. The van der Waals surface area contributed by atoms with Gasteiger partial charge in [-0.25, -0.2) is 4.79 Å². The number of rotatable bonds is 9. The molecule has 0 spiro atoms. The van der Waals surface area contributed by atoms with Gasteiger partial charge in [0, 0.05) is 26.1 Å². The zero-order valence-electron chi connectivity index (χ0n) is 18.7. The molecule has 0 radical (unpaired) electrons. The molecule has 2 aromatic rings. The summed E-state index contributed by atoms with van der Waals surface area (Å²) < 4.78 is 5.52. The SMILES string of the molecule is CCC(CNC(=O)OCC1c2ccccc2-c2ccccc21)C(=O)N(C)CC(C)C(=O)O. The van der Waals surface area contributed by atoms with Crippen molar-refractivity contribution in [1.82, 2.24) is 10.2 Å². The minimum atomic E-state index is -0.950. The van der Waals surface area contributed by atoms with Gasteiger partial charge in [0.15, 0.2) is 0 Å². The van der Waals surface area contributed by atoms with E-state index in [9.17, 15) is 14.4 Å². The number of aliphatic carboxylic acids is 1. The molecule has 3 rings (SSSR count). The van der Waals surface area contributed by atoms with Crippen LogP contribution in [0.2, 0.25) is 0 Å². The van der Waals surface area contributed by atoms with Gasteiger partial charge in [0.05, 0.1) is 11.8 Å². The highest BCUT2D eigenvalue weighted by atomic mass is 16.5. The predicted octanol–water partition coefficient (Wildman–Crippen LogP) is 3.73. The molecular formula is C25H30N2O5. The van der Waals surface area contributed by atoms with E-state index in [-0.39, 0.29) is 31.5 Å². The van der Waals surface area contributed by atoms with Crippen molar-refractivity contribution in [3.63, 3.8) is 0 Å². The number of nitrogens with zero attached hydrogens (tertiary/aromatic N) is 1. The Balaban J connectivity index is 1.55. The van der Waals surface area contributed by atoms with Crippen LogP contribution in [-0.2, 0) is 14.3 Å². The number of hydrogen-bond donors (Lipinski definition) is 2. The first-order chi connectivity index (χ1) is 15.3. The second-order valence-corrected chi connectivity index (χ2v) is 8.27. The van der Waals surface area contributed by atoms with E-state index in [0.29, 0.717) is 6.42 Å². The van der Waals surface area contributed by atoms with E-state index in [1.54, 1.807) is 14.0 Å². The Hall–Kier alpha value is -3.35. The van der Waals surface area contributed by atoms with Crippen molar-refractivity contribution >= 4 is 18.0 Å². The number of carboxylic acids is 1. The molecule has 2 amide bonds. The quantitative estimate of drug-likeness (QED) is 0.622. The van der Waals surface area contributed by atoms with E-state index in [1.165, 1.54) is 4.90 Å². The predicted molar refractivity (Wildman–Crippen MR) is 121 cm³/mol. The molecule has 0 saturated carbocycles. The van der Waals surface area contributed by atoms with E-state index < -0.39 is 23.9 Å². The highest BCUT2D eigenvalue weighted by Gasteiger charge is 2.29. The van der Waals surface area contributed by atoms with Crippen molar-refractivity contribution in [2.45, 2.75) is 26.2 Å². The fourth-order valence-corrected chi connectivity index (χ4v) is 4.15. The fraction of sp³-hybridized carbons (Fsp3) is 0.400. The third-order valence-corrected chi connectivity index (χ3v) is 6.02. The molecule has 32 heavy (non-hydrogen) atoms. The maximum Gasteiger partial charge on any atom is 0.407 e.